The molecule has 0 aliphatic carbocycles. The zero-order valence-corrected chi connectivity index (χ0v) is 10.7. The van der Waals surface area contributed by atoms with Crippen molar-refractivity contribution in [2.75, 3.05) is 18.0 Å². The molecule has 0 radical (unpaired) electrons. The number of nitrogens with one attached hydrogen (secondary N) is 1. The van der Waals surface area contributed by atoms with E-state index in [0.717, 1.165) is 11.3 Å². The summed E-state index contributed by atoms with van der Waals surface area (Å²) in [6, 6.07) is 5.48. The molecular formula is C13H13N5O2. The second kappa shape index (κ2) is 4.86. The Hall–Kier alpha value is -2.53. The summed E-state index contributed by atoms with van der Waals surface area (Å²) < 4.78 is 0. The first kappa shape index (κ1) is 12.5. The normalized spacial score (nSPS) is 20.6. The van der Waals surface area contributed by atoms with Gasteiger partial charge in [0.2, 0.25) is 5.91 Å². The lowest BCUT2D eigenvalue weighted by Crippen LogP contribution is -2.25. The van der Waals surface area contributed by atoms with Crippen molar-refractivity contribution in [2.24, 2.45) is 11.0 Å². The van der Waals surface area contributed by atoms with Gasteiger partial charge in [-0.25, -0.2) is 0 Å². The number of carbonyl (C=O) groups excluding carboxylic acids is 2. The summed E-state index contributed by atoms with van der Waals surface area (Å²) in [4.78, 5) is 28.0. The topological polar surface area (TPSA) is 98.2 Å². The molecule has 1 N–H and O–H groups in total. The molecule has 1 aromatic carbocycles. The fourth-order valence-corrected chi connectivity index (χ4v) is 2.67. The van der Waals surface area contributed by atoms with Crippen LogP contribution < -0.4 is 10.2 Å². The first-order chi connectivity index (χ1) is 9.69. The SMILES string of the molecule is [N-]=[N+]=NCC1CC(=O)N(c2ccc3c(c2)C(=O)NC3)C1. The highest BCUT2D eigenvalue weighted by atomic mass is 16.2. The van der Waals surface area contributed by atoms with Crippen molar-refractivity contribution in [3.63, 3.8) is 0 Å². The van der Waals surface area contributed by atoms with Gasteiger partial charge < -0.3 is 10.2 Å². The Bertz CT molecular complexity index is 636. The Morgan fingerprint density at radius 1 is 1.45 bits per heavy atom. The van der Waals surface area contributed by atoms with Gasteiger partial charge in [0.25, 0.3) is 5.91 Å². The second-order valence-corrected chi connectivity index (χ2v) is 5.01. The molecule has 1 fully saturated rings. The highest BCUT2D eigenvalue weighted by Crippen LogP contribution is 2.28. The standard InChI is InChI=1S/C13H13N5O2/c14-17-16-5-8-3-12(19)18(7-8)10-2-1-9-6-15-13(20)11(9)4-10/h1-2,4,8H,3,5-7H2,(H,15,20). The first-order valence-electron chi connectivity index (χ1n) is 6.41. The van der Waals surface area contributed by atoms with Crippen molar-refractivity contribution in [2.45, 2.75) is 13.0 Å². The van der Waals surface area contributed by atoms with Gasteiger partial charge in [-0.05, 0) is 29.1 Å². The van der Waals surface area contributed by atoms with Crippen molar-refractivity contribution in [3.05, 3.63) is 39.8 Å². The number of rotatable bonds is 3. The molecule has 1 unspecified atom stereocenters. The zero-order chi connectivity index (χ0) is 14.1. The Morgan fingerprint density at radius 3 is 3.10 bits per heavy atom. The van der Waals surface area contributed by atoms with E-state index >= 15 is 0 Å². The summed E-state index contributed by atoms with van der Waals surface area (Å²) in [5.74, 6) is -0.0545. The van der Waals surface area contributed by atoms with Crippen molar-refractivity contribution in [1.29, 1.82) is 0 Å². The number of nitrogens with zero attached hydrogens (tertiary/aromatic N) is 4. The molecule has 1 aromatic rings. The molecule has 2 amide bonds. The number of hydrogen-bond donors (Lipinski definition) is 1. The van der Waals surface area contributed by atoms with Gasteiger partial charge in [-0.2, -0.15) is 0 Å². The van der Waals surface area contributed by atoms with Crippen LogP contribution in [0.3, 0.4) is 0 Å². The third-order valence-electron chi connectivity index (χ3n) is 3.70. The lowest BCUT2D eigenvalue weighted by molar-refractivity contribution is -0.117. The Balaban J connectivity index is 1.83. The summed E-state index contributed by atoms with van der Waals surface area (Å²) in [5, 5.41) is 6.28. The summed E-state index contributed by atoms with van der Waals surface area (Å²) in [6.07, 6.45) is 0.377. The minimum atomic E-state index is -0.0980. The second-order valence-electron chi connectivity index (χ2n) is 5.01. The van der Waals surface area contributed by atoms with E-state index in [1.54, 1.807) is 11.0 Å². The molecular weight excluding hydrogens is 258 g/mol. The zero-order valence-electron chi connectivity index (χ0n) is 10.7. The molecule has 1 saturated heterocycles. The monoisotopic (exact) mass is 271 g/mol. The Kier molecular flexibility index (Phi) is 3.04. The number of benzene rings is 1. The number of fused-ring (bicyclic) bond motifs is 1. The van der Waals surface area contributed by atoms with Crippen LogP contribution >= 0.6 is 0 Å². The lowest BCUT2D eigenvalue weighted by Gasteiger charge is -2.17. The lowest BCUT2D eigenvalue weighted by atomic mass is 10.1. The number of anilines is 1. The number of azide groups is 1. The maximum atomic E-state index is 12.0. The van der Waals surface area contributed by atoms with Crippen molar-refractivity contribution in [3.8, 4) is 0 Å². The first-order valence-corrected chi connectivity index (χ1v) is 6.41. The largest absolute Gasteiger partial charge is 0.348 e. The summed E-state index contributed by atoms with van der Waals surface area (Å²) in [7, 11) is 0. The third-order valence-corrected chi connectivity index (χ3v) is 3.70. The van der Waals surface area contributed by atoms with Gasteiger partial charge in [0, 0.05) is 42.2 Å². The molecule has 0 aromatic heterocycles. The number of hydrogen-bond acceptors (Lipinski definition) is 3. The Morgan fingerprint density at radius 2 is 2.30 bits per heavy atom. The van der Waals surface area contributed by atoms with Crippen LogP contribution in [0.25, 0.3) is 10.4 Å². The summed E-state index contributed by atoms with van der Waals surface area (Å²) in [6.45, 7) is 1.39. The van der Waals surface area contributed by atoms with Crippen LogP contribution in [-0.4, -0.2) is 24.9 Å². The maximum Gasteiger partial charge on any atom is 0.251 e. The molecule has 1 atom stereocenters. The van der Waals surface area contributed by atoms with Gasteiger partial charge in [0.15, 0.2) is 0 Å². The summed E-state index contributed by atoms with van der Waals surface area (Å²) >= 11 is 0. The van der Waals surface area contributed by atoms with E-state index < -0.39 is 0 Å². The van der Waals surface area contributed by atoms with Crippen LogP contribution in [-0.2, 0) is 11.3 Å². The molecule has 3 rings (SSSR count). The third kappa shape index (κ3) is 2.08. The van der Waals surface area contributed by atoms with Crippen LogP contribution in [0.5, 0.6) is 0 Å². The van der Waals surface area contributed by atoms with E-state index in [9.17, 15) is 9.59 Å². The number of carbonyl (C=O) groups is 2. The van der Waals surface area contributed by atoms with Crippen molar-refractivity contribution < 1.29 is 9.59 Å². The highest BCUT2D eigenvalue weighted by Gasteiger charge is 2.31. The van der Waals surface area contributed by atoms with E-state index in [0.29, 0.717) is 31.6 Å². The average molecular weight is 271 g/mol. The fourth-order valence-electron chi connectivity index (χ4n) is 2.67. The fraction of sp³-hybridized carbons (Fsp3) is 0.385. The predicted octanol–water partition coefficient (Wildman–Crippen LogP) is 1.59. The number of amides is 2. The molecule has 7 heteroatoms. The molecule has 0 spiro atoms. The van der Waals surface area contributed by atoms with Crippen LogP contribution in [0, 0.1) is 5.92 Å². The molecule has 0 bridgehead atoms. The molecule has 7 nitrogen and oxygen atoms in total. The van der Waals surface area contributed by atoms with Gasteiger partial charge in [-0.3, -0.25) is 9.59 Å². The Labute approximate surface area is 115 Å². The van der Waals surface area contributed by atoms with Gasteiger partial charge in [0.05, 0.1) is 0 Å². The van der Waals surface area contributed by atoms with E-state index in [-0.39, 0.29) is 17.7 Å². The van der Waals surface area contributed by atoms with Gasteiger partial charge in [-0.15, -0.1) is 0 Å². The molecule has 0 saturated carbocycles. The minimum absolute atomic E-state index is 0.00138. The predicted molar refractivity (Wildman–Crippen MR) is 72.1 cm³/mol. The highest BCUT2D eigenvalue weighted by molar-refractivity contribution is 6.01. The van der Waals surface area contributed by atoms with Crippen molar-refractivity contribution in [1.82, 2.24) is 5.32 Å². The quantitative estimate of drug-likeness (QED) is 0.513. The van der Waals surface area contributed by atoms with E-state index in [2.05, 4.69) is 15.3 Å². The minimum Gasteiger partial charge on any atom is -0.348 e. The van der Waals surface area contributed by atoms with E-state index in [4.69, 9.17) is 5.53 Å². The molecule has 20 heavy (non-hydrogen) atoms. The van der Waals surface area contributed by atoms with Crippen LogP contribution in [0.15, 0.2) is 23.3 Å². The van der Waals surface area contributed by atoms with E-state index in [1.165, 1.54) is 0 Å². The summed E-state index contributed by atoms with van der Waals surface area (Å²) in [5.41, 5.74) is 10.6. The van der Waals surface area contributed by atoms with Crippen molar-refractivity contribution >= 4 is 17.5 Å². The molecule has 102 valence electrons. The molecule has 2 aliphatic rings. The van der Waals surface area contributed by atoms with Gasteiger partial charge >= 0.3 is 0 Å². The van der Waals surface area contributed by atoms with Gasteiger partial charge in [-0.1, -0.05) is 11.2 Å². The van der Waals surface area contributed by atoms with Crippen LogP contribution in [0.4, 0.5) is 5.69 Å². The maximum absolute atomic E-state index is 12.0. The van der Waals surface area contributed by atoms with Crippen LogP contribution in [0.2, 0.25) is 0 Å². The van der Waals surface area contributed by atoms with Gasteiger partial charge in [0.1, 0.15) is 0 Å². The van der Waals surface area contributed by atoms with Crippen LogP contribution in [0.1, 0.15) is 22.3 Å². The smallest absolute Gasteiger partial charge is 0.251 e. The molecule has 2 aliphatic heterocycles. The average Bonchev–Trinajstić information content (AvgIpc) is 3.00. The van der Waals surface area contributed by atoms with E-state index in [1.807, 2.05) is 12.1 Å². The molecule has 2 heterocycles.